The topological polar surface area (TPSA) is 128 Å². The number of amides is 1. The summed E-state index contributed by atoms with van der Waals surface area (Å²) in [6.07, 6.45) is 1.49. The van der Waals surface area contributed by atoms with E-state index in [-0.39, 0.29) is 5.56 Å². The average molecular weight is 233 g/mol. The Morgan fingerprint density at radius 3 is 2.71 bits per heavy atom. The lowest BCUT2D eigenvalue weighted by molar-refractivity contribution is -0.389. The molecule has 0 aliphatic carbocycles. The quantitative estimate of drug-likeness (QED) is 0.588. The number of aromatic amines is 1. The minimum Gasteiger partial charge on any atom is -0.365 e. The summed E-state index contributed by atoms with van der Waals surface area (Å²) in [5.41, 5.74) is 5.63. The molecule has 1 amide bonds. The van der Waals surface area contributed by atoms with Crippen molar-refractivity contribution in [3.63, 3.8) is 0 Å². The van der Waals surface area contributed by atoms with Crippen LogP contribution in [0, 0.1) is 10.1 Å². The number of carbonyl (C=O) groups excluding carboxylic acids is 1. The van der Waals surface area contributed by atoms with Gasteiger partial charge in [0.05, 0.1) is 0 Å². The number of nitro groups is 1. The number of hydrogen-bond donors (Lipinski definition) is 2. The summed E-state index contributed by atoms with van der Waals surface area (Å²) in [6, 6.07) is 4.33. The van der Waals surface area contributed by atoms with Crippen LogP contribution in [0.3, 0.4) is 0 Å². The predicted octanol–water partition coefficient (Wildman–Crippen LogP) is 0.479. The first-order valence-corrected chi connectivity index (χ1v) is 4.54. The third kappa shape index (κ3) is 1.95. The van der Waals surface area contributed by atoms with E-state index in [1.54, 1.807) is 6.07 Å². The number of H-pyrrole nitrogens is 1. The molecule has 2 aromatic heterocycles. The first-order chi connectivity index (χ1) is 8.09. The Balaban J connectivity index is 2.57. The second kappa shape index (κ2) is 4.00. The molecule has 0 aromatic carbocycles. The Morgan fingerprint density at radius 1 is 1.41 bits per heavy atom. The van der Waals surface area contributed by atoms with Crippen molar-refractivity contribution in [3.05, 3.63) is 40.1 Å². The third-order valence-corrected chi connectivity index (χ3v) is 2.09. The van der Waals surface area contributed by atoms with Gasteiger partial charge in [0, 0.05) is 6.20 Å². The highest BCUT2D eigenvalue weighted by atomic mass is 16.6. The number of rotatable bonds is 3. The fraction of sp³-hybridized carbons (Fsp3) is 0. The van der Waals surface area contributed by atoms with Gasteiger partial charge in [-0.05, 0) is 28.1 Å². The highest BCUT2D eigenvalue weighted by molar-refractivity contribution is 5.96. The second-order valence-electron chi connectivity index (χ2n) is 3.16. The van der Waals surface area contributed by atoms with Crippen molar-refractivity contribution in [2.24, 2.45) is 5.73 Å². The molecule has 0 saturated heterocycles. The van der Waals surface area contributed by atoms with Crippen LogP contribution in [0.5, 0.6) is 0 Å². The summed E-state index contributed by atoms with van der Waals surface area (Å²) >= 11 is 0. The van der Waals surface area contributed by atoms with E-state index in [0.29, 0.717) is 11.4 Å². The normalized spacial score (nSPS) is 10.1. The van der Waals surface area contributed by atoms with Gasteiger partial charge < -0.3 is 15.8 Å². The first-order valence-electron chi connectivity index (χ1n) is 4.54. The van der Waals surface area contributed by atoms with Gasteiger partial charge in [0.15, 0.2) is 0 Å². The molecule has 0 bridgehead atoms. The van der Waals surface area contributed by atoms with Gasteiger partial charge >= 0.3 is 5.82 Å². The molecule has 0 fully saturated rings. The van der Waals surface area contributed by atoms with E-state index < -0.39 is 16.6 Å². The molecule has 8 heteroatoms. The minimum atomic E-state index is -0.889. The molecule has 0 aliphatic heterocycles. The molecule has 2 aromatic rings. The molecule has 3 N–H and O–H groups in total. The molecular weight excluding hydrogens is 226 g/mol. The molecule has 2 rings (SSSR count). The summed E-state index contributed by atoms with van der Waals surface area (Å²) in [5.74, 6) is -1.45. The van der Waals surface area contributed by atoms with Crippen molar-refractivity contribution < 1.29 is 9.72 Å². The Hall–Kier alpha value is -2.77. The van der Waals surface area contributed by atoms with Gasteiger partial charge in [0.1, 0.15) is 11.3 Å². The lowest BCUT2D eigenvalue weighted by Crippen LogP contribution is -2.14. The van der Waals surface area contributed by atoms with Crippen LogP contribution in [-0.2, 0) is 0 Å². The van der Waals surface area contributed by atoms with E-state index in [1.807, 2.05) is 0 Å². The van der Waals surface area contributed by atoms with E-state index in [2.05, 4.69) is 15.2 Å². The first kappa shape index (κ1) is 10.7. The SMILES string of the molecule is NC(=O)c1ccc(-c2ccn[nH]2)nc1[N+](=O)[O-]. The summed E-state index contributed by atoms with van der Waals surface area (Å²) < 4.78 is 0. The molecule has 0 spiro atoms. The number of hydrogen-bond acceptors (Lipinski definition) is 5. The van der Waals surface area contributed by atoms with E-state index in [0.717, 1.165) is 0 Å². The molecule has 17 heavy (non-hydrogen) atoms. The zero-order chi connectivity index (χ0) is 12.4. The lowest BCUT2D eigenvalue weighted by atomic mass is 10.2. The summed E-state index contributed by atoms with van der Waals surface area (Å²) in [4.78, 5) is 24.8. The Labute approximate surface area is 94.6 Å². The Morgan fingerprint density at radius 2 is 2.18 bits per heavy atom. The minimum absolute atomic E-state index is 0.224. The average Bonchev–Trinajstić information content (AvgIpc) is 2.81. The van der Waals surface area contributed by atoms with Gasteiger partial charge in [-0.3, -0.25) is 9.89 Å². The molecule has 0 aliphatic rings. The van der Waals surface area contributed by atoms with E-state index >= 15 is 0 Å². The molecule has 0 saturated carbocycles. The number of aromatic nitrogens is 3. The maximum Gasteiger partial charge on any atom is 0.377 e. The van der Waals surface area contributed by atoms with Crippen LogP contribution < -0.4 is 5.73 Å². The van der Waals surface area contributed by atoms with Crippen LogP contribution in [0.1, 0.15) is 10.4 Å². The third-order valence-electron chi connectivity index (χ3n) is 2.09. The van der Waals surface area contributed by atoms with Crippen molar-refractivity contribution in [3.8, 4) is 11.4 Å². The van der Waals surface area contributed by atoms with Gasteiger partial charge in [-0.25, -0.2) is 0 Å². The molecule has 0 unspecified atom stereocenters. The number of nitrogens with zero attached hydrogens (tertiary/aromatic N) is 3. The van der Waals surface area contributed by atoms with E-state index in [4.69, 9.17) is 5.73 Å². The number of nitrogens with two attached hydrogens (primary N) is 1. The fourth-order valence-corrected chi connectivity index (χ4v) is 1.33. The highest BCUT2D eigenvalue weighted by Crippen LogP contribution is 2.21. The summed E-state index contributed by atoms with van der Waals surface area (Å²) in [7, 11) is 0. The maximum atomic E-state index is 11.0. The molecule has 8 nitrogen and oxygen atoms in total. The second-order valence-corrected chi connectivity index (χ2v) is 3.16. The Bertz CT molecular complexity index is 578. The van der Waals surface area contributed by atoms with Crippen LogP contribution in [0.25, 0.3) is 11.4 Å². The van der Waals surface area contributed by atoms with Gasteiger partial charge in [-0.15, -0.1) is 0 Å². The highest BCUT2D eigenvalue weighted by Gasteiger charge is 2.22. The summed E-state index contributed by atoms with van der Waals surface area (Å²) in [6.45, 7) is 0. The fourth-order valence-electron chi connectivity index (χ4n) is 1.33. The van der Waals surface area contributed by atoms with Gasteiger partial charge in [-0.2, -0.15) is 5.10 Å². The monoisotopic (exact) mass is 233 g/mol. The van der Waals surface area contributed by atoms with Gasteiger partial charge in [0.2, 0.25) is 5.69 Å². The standard InChI is InChI=1S/C9H7N5O3/c10-8(15)5-1-2-6(7-3-4-11-13-7)12-9(5)14(16)17/h1-4H,(H2,10,15)(H,11,13). The largest absolute Gasteiger partial charge is 0.377 e. The Kier molecular flexibility index (Phi) is 2.53. The van der Waals surface area contributed by atoms with Gasteiger partial charge in [-0.1, -0.05) is 0 Å². The smallest absolute Gasteiger partial charge is 0.365 e. The number of nitrogens with one attached hydrogen (secondary N) is 1. The molecule has 0 atom stereocenters. The van der Waals surface area contributed by atoms with E-state index in [1.165, 1.54) is 18.3 Å². The van der Waals surface area contributed by atoms with E-state index in [9.17, 15) is 14.9 Å². The zero-order valence-electron chi connectivity index (χ0n) is 8.45. The maximum absolute atomic E-state index is 11.0. The van der Waals surface area contributed by atoms with Crippen LogP contribution >= 0.6 is 0 Å². The number of pyridine rings is 1. The van der Waals surface area contributed by atoms with Crippen LogP contribution in [0.2, 0.25) is 0 Å². The van der Waals surface area contributed by atoms with Gasteiger partial charge in [0.25, 0.3) is 5.91 Å². The van der Waals surface area contributed by atoms with Crippen LogP contribution in [-0.4, -0.2) is 26.0 Å². The van der Waals surface area contributed by atoms with Crippen molar-refractivity contribution >= 4 is 11.7 Å². The molecule has 86 valence electrons. The van der Waals surface area contributed by atoms with Crippen molar-refractivity contribution in [1.82, 2.24) is 15.2 Å². The zero-order valence-corrected chi connectivity index (χ0v) is 8.45. The van der Waals surface area contributed by atoms with Crippen molar-refractivity contribution in [2.45, 2.75) is 0 Å². The van der Waals surface area contributed by atoms with Crippen LogP contribution in [0.4, 0.5) is 5.82 Å². The number of carbonyl (C=O) groups is 1. The number of primary amides is 1. The predicted molar refractivity (Wildman–Crippen MR) is 57.0 cm³/mol. The van der Waals surface area contributed by atoms with Crippen molar-refractivity contribution in [1.29, 1.82) is 0 Å². The summed E-state index contributed by atoms with van der Waals surface area (Å²) in [5, 5.41) is 17.1. The molecule has 0 radical (unpaired) electrons. The molecular formula is C9H7N5O3. The van der Waals surface area contributed by atoms with Crippen molar-refractivity contribution in [2.75, 3.05) is 0 Å². The lowest BCUT2D eigenvalue weighted by Gasteiger charge is -1.99. The van der Waals surface area contributed by atoms with Crippen LogP contribution in [0.15, 0.2) is 24.4 Å². The molecule has 2 heterocycles.